The van der Waals surface area contributed by atoms with Crippen LogP contribution in [0.15, 0.2) is 29.3 Å². The van der Waals surface area contributed by atoms with Crippen LogP contribution in [-0.4, -0.2) is 36.6 Å². The van der Waals surface area contributed by atoms with Gasteiger partial charge in [-0.25, -0.2) is 4.99 Å². The van der Waals surface area contributed by atoms with E-state index in [1.54, 1.807) is 0 Å². The lowest BCUT2D eigenvalue weighted by Crippen LogP contribution is -2.40. The van der Waals surface area contributed by atoms with Crippen molar-refractivity contribution in [1.82, 2.24) is 16.0 Å². The molecule has 0 aliphatic carbocycles. The monoisotopic (exact) mass is 490 g/mol. The third kappa shape index (κ3) is 11.7. The molecule has 154 valence electrons. The number of aliphatic imine (C=N–C) groups is 1. The largest absolute Gasteiger partial charge is 0.488 e. The van der Waals surface area contributed by atoms with E-state index in [1.165, 1.54) is 0 Å². The molecular weight excluding hydrogens is 455 g/mol. The number of guanidine groups is 1. The van der Waals surface area contributed by atoms with Gasteiger partial charge in [-0.2, -0.15) is 0 Å². The third-order valence-corrected chi connectivity index (χ3v) is 3.23. The van der Waals surface area contributed by atoms with Gasteiger partial charge in [0, 0.05) is 31.1 Å². The summed E-state index contributed by atoms with van der Waals surface area (Å²) in [5.74, 6) is 1.57. The molecule has 0 saturated heterocycles. The summed E-state index contributed by atoms with van der Waals surface area (Å²) in [6, 6.07) is 8.09. The first kappa shape index (κ1) is 25.5. The summed E-state index contributed by atoms with van der Waals surface area (Å²) in [6.45, 7) is 13.8. The molecule has 0 bridgehead atoms. The molecule has 0 aliphatic heterocycles. The number of carbonyl (C=O) groups excluding carboxylic acids is 1. The summed E-state index contributed by atoms with van der Waals surface area (Å²) in [5.41, 5.74) is 0.768. The second kappa shape index (κ2) is 12.8. The molecule has 27 heavy (non-hydrogen) atoms. The summed E-state index contributed by atoms with van der Waals surface area (Å²) in [5, 5.41) is 9.28. The number of amides is 1. The van der Waals surface area contributed by atoms with E-state index in [9.17, 15) is 4.79 Å². The average Bonchev–Trinajstić information content (AvgIpc) is 2.51. The molecule has 0 aromatic heterocycles. The Morgan fingerprint density at radius 1 is 1.19 bits per heavy atom. The molecule has 0 fully saturated rings. The van der Waals surface area contributed by atoms with Crippen molar-refractivity contribution in [3.05, 3.63) is 29.8 Å². The smallest absolute Gasteiger partial charge is 0.221 e. The highest BCUT2D eigenvalue weighted by molar-refractivity contribution is 14.0. The Kier molecular flexibility index (Phi) is 12.1. The van der Waals surface area contributed by atoms with E-state index in [4.69, 9.17) is 4.74 Å². The van der Waals surface area contributed by atoms with Crippen molar-refractivity contribution in [3.63, 3.8) is 0 Å². The zero-order valence-corrected chi connectivity index (χ0v) is 19.7. The summed E-state index contributed by atoms with van der Waals surface area (Å²) in [6.07, 6.45) is 0.409. The van der Waals surface area contributed by atoms with Crippen LogP contribution in [-0.2, 0) is 11.3 Å². The summed E-state index contributed by atoms with van der Waals surface area (Å²) in [4.78, 5) is 16.3. The molecule has 3 N–H and O–H groups in total. The molecule has 0 radical (unpaired) electrons. The third-order valence-electron chi connectivity index (χ3n) is 3.23. The van der Waals surface area contributed by atoms with Gasteiger partial charge in [0.25, 0.3) is 0 Å². The number of ether oxygens (including phenoxy) is 1. The van der Waals surface area contributed by atoms with E-state index in [-0.39, 0.29) is 41.5 Å². The Morgan fingerprint density at radius 2 is 1.85 bits per heavy atom. The minimum Gasteiger partial charge on any atom is -0.488 e. The minimum absolute atomic E-state index is 0. The van der Waals surface area contributed by atoms with Crippen LogP contribution >= 0.6 is 24.0 Å². The first-order chi connectivity index (χ1) is 12.2. The van der Waals surface area contributed by atoms with Crippen molar-refractivity contribution in [2.75, 3.05) is 13.1 Å². The van der Waals surface area contributed by atoms with Crippen molar-refractivity contribution in [1.29, 1.82) is 0 Å². The van der Waals surface area contributed by atoms with Gasteiger partial charge < -0.3 is 20.7 Å². The summed E-state index contributed by atoms with van der Waals surface area (Å²) < 4.78 is 6.01. The number of nitrogens with zero attached hydrogens (tertiary/aromatic N) is 1. The average molecular weight is 490 g/mol. The van der Waals surface area contributed by atoms with Crippen molar-refractivity contribution in [2.24, 2.45) is 4.99 Å². The second-order valence-electron chi connectivity index (χ2n) is 7.42. The van der Waals surface area contributed by atoms with Gasteiger partial charge in [0.05, 0.1) is 6.54 Å². The molecule has 0 atom stereocenters. The molecule has 0 spiro atoms. The van der Waals surface area contributed by atoms with E-state index < -0.39 is 0 Å². The Labute approximate surface area is 181 Å². The van der Waals surface area contributed by atoms with Gasteiger partial charge in [-0.05, 0) is 47.6 Å². The highest BCUT2D eigenvalue weighted by atomic mass is 127. The molecule has 1 aromatic carbocycles. The number of hydrogen-bond donors (Lipinski definition) is 3. The lowest BCUT2D eigenvalue weighted by atomic mass is 10.1. The maximum absolute atomic E-state index is 11.7. The topological polar surface area (TPSA) is 74.8 Å². The Bertz CT molecular complexity index is 598. The normalized spacial score (nSPS) is 11.6. The first-order valence-corrected chi connectivity index (χ1v) is 9.29. The standard InChI is InChI=1S/C20H34N4O2.HI/c1-7-21-19(22-13-12-18(25)24-15(2)3)23-14-16-10-8-9-11-17(16)26-20(4,5)6;/h8-11,15H,7,12-14H2,1-6H3,(H,24,25)(H2,21,22,23);1H. The molecule has 0 saturated carbocycles. The van der Waals surface area contributed by atoms with Crippen LogP contribution in [0.1, 0.15) is 53.5 Å². The van der Waals surface area contributed by atoms with E-state index >= 15 is 0 Å². The van der Waals surface area contributed by atoms with Crippen molar-refractivity contribution in [3.8, 4) is 5.75 Å². The predicted octanol–water partition coefficient (Wildman–Crippen LogP) is 3.45. The fourth-order valence-electron chi connectivity index (χ4n) is 2.26. The van der Waals surface area contributed by atoms with Gasteiger partial charge in [0.2, 0.25) is 5.91 Å². The number of halogens is 1. The predicted molar refractivity (Wildman–Crippen MR) is 123 cm³/mol. The van der Waals surface area contributed by atoms with Gasteiger partial charge >= 0.3 is 0 Å². The molecule has 0 aliphatic rings. The van der Waals surface area contributed by atoms with Gasteiger partial charge in [0.15, 0.2) is 5.96 Å². The van der Waals surface area contributed by atoms with Crippen LogP contribution in [0.4, 0.5) is 0 Å². The number of benzene rings is 1. The minimum atomic E-state index is -0.258. The fourth-order valence-corrected chi connectivity index (χ4v) is 2.26. The van der Waals surface area contributed by atoms with E-state index in [2.05, 4.69) is 20.9 Å². The van der Waals surface area contributed by atoms with Crippen LogP contribution in [0.25, 0.3) is 0 Å². The van der Waals surface area contributed by atoms with Gasteiger partial charge in [-0.1, -0.05) is 18.2 Å². The lowest BCUT2D eigenvalue weighted by Gasteiger charge is -2.23. The van der Waals surface area contributed by atoms with Crippen LogP contribution in [0, 0.1) is 0 Å². The molecule has 0 heterocycles. The number of nitrogens with one attached hydrogen (secondary N) is 3. The number of rotatable bonds is 8. The Balaban J connectivity index is 0.00000676. The van der Waals surface area contributed by atoms with E-state index in [0.29, 0.717) is 25.5 Å². The van der Waals surface area contributed by atoms with Crippen molar-refractivity contribution < 1.29 is 9.53 Å². The van der Waals surface area contributed by atoms with Gasteiger partial charge in [0.1, 0.15) is 11.4 Å². The molecule has 7 heteroatoms. The van der Waals surface area contributed by atoms with E-state index in [1.807, 2.05) is 65.8 Å². The number of para-hydroxylation sites is 1. The van der Waals surface area contributed by atoms with Crippen LogP contribution in [0.3, 0.4) is 0 Å². The lowest BCUT2D eigenvalue weighted by molar-refractivity contribution is -0.121. The maximum atomic E-state index is 11.7. The molecule has 1 rings (SSSR count). The molecule has 1 amide bonds. The van der Waals surface area contributed by atoms with Crippen molar-refractivity contribution >= 4 is 35.8 Å². The Morgan fingerprint density at radius 3 is 2.44 bits per heavy atom. The van der Waals surface area contributed by atoms with Crippen LogP contribution in [0.5, 0.6) is 5.75 Å². The molecule has 0 unspecified atom stereocenters. The highest BCUT2D eigenvalue weighted by Crippen LogP contribution is 2.23. The maximum Gasteiger partial charge on any atom is 0.221 e. The second-order valence-corrected chi connectivity index (χ2v) is 7.42. The highest BCUT2D eigenvalue weighted by Gasteiger charge is 2.14. The van der Waals surface area contributed by atoms with Gasteiger partial charge in [-0.3, -0.25) is 4.79 Å². The number of hydrogen-bond acceptors (Lipinski definition) is 3. The molecule has 6 nitrogen and oxygen atoms in total. The molecule has 1 aromatic rings. The Hall–Kier alpha value is -1.51. The number of carbonyl (C=O) groups is 1. The zero-order chi connectivity index (χ0) is 19.6. The van der Waals surface area contributed by atoms with Gasteiger partial charge in [-0.15, -0.1) is 24.0 Å². The molecular formula is C20H35IN4O2. The summed E-state index contributed by atoms with van der Waals surface area (Å²) in [7, 11) is 0. The van der Waals surface area contributed by atoms with E-state index in [0.717, 1.165) is 17.9 Å². The quantitative estimate of drug-likeness (QED) is 0.297. The first-order valence-electron chi connectivity index (χ1n) is 9.29. The van der Waals surface area contributed by atoms with Crippen LogP contribution < -0.4 is 20.7 Å². The summed E-state index contributed by atoms with van der Waals surface area (Å²) >= 11 is 0. The van der Waals surface area contributed by atoms with Crippen LogP contribution in [0.2, 0.25) is 0 Å². The fraction of sp³-hybridized carbons (Fsp3) is 0.600. The zero-order valence-electron chi connectivity index (χ0n) is 17.4. The van der Waals surface area contributed by atoms with Crippen molar-refractivity contribution in [2.45, 2.75) is 66.2 Å². The SMILES string of the molecule is CCNC(=NCc1ccccc1OC(C)(C)C)NCCC(=O)NC(C)C.I.